The molecule has 0 aromatic rings. The summed E-state index contributed by atoms with van der Waals surface area (Å²) >= 11 is 0. The van der Waals surface area contributed by atoms with Crippen LogP contribution < -0.4 is 11.6 Å². The second kappa shape index (κ2) is 9.40. The summed E-state index contributed by atoms with van der Waals surface area (Å²) in [6, 6.07) is 0. The van der Waals surface area contributed by atoms with E-state index in [9.17, 15) is 4.79 Å². The molecule has 0 unspecified atom stereocenters. The minimum absolute atomic E-state index is 0.242. The molecule has 0 aromatic heterocycles. The molecular formula is C7H16N2O4. The van der Waals surface area contributed by atoms with Crippen molar-refractivity contribution in [3.63, 3.8) is 0 Å². The fourth-order valence-electron chi connectivity index (χ4n) is 0.602. The number of ether oxygens (including phenoxy) is 2. The molecule has 0 bridgehead atoms. The van der Waals surface area contributed by atoms with E-state index in [2.05, 4.69) is 4.84 Å². The molecule has 0 aliphatic carbocycles. The first-order chi connectivity index (χ1) is 6.27. The van der Waals surface area contributed by atoms with E-state index in [0.29, 0.717) is 33.0 Å². The highest BCUT2D eigenvalue weighted by Gasteiger charge is 1.93. The molecule has 0 radical (unpaired) electrons. The molecule has 0 aromatic carbocycles. The van der Waals surface area contributed by atoms with Crippen LogP contribution in [0.25, 0.3) is 0 Å². The summed E-state index contributed by atoms with van der Waals surface area (Å²) in [5, 5.41) is 0. The number of nitrogens with two attached hydrogens (primary N) is 2. The van der Waals surface area contributed by atoms with Gasteiger partial charge in [-0.05, 0) is 0 Å². The zero-order chi connectivity index (χ0) is 9.94. The molecule has 0 heterocycles. The molecule has 0 aliphatic heterocycles. The summed E-state index contributed by atoms with van der Waals surface area (Å²) in [6.07, 6.45) is 0.242. The fraction of sp³-hybridized carbons (Fsp3) is 0.857. The van der Waals surface area contributed by atoms with Gasteiger partial charge in [0.15, 0.2) is 0 Å². The number of carbonyl (C=O) groups is 1. The minimum Gasteiger partial charge on any atom is -0.379 e. The summed E-state index contributed by atoms with van der Waals surface area (Å²) in [6.45, 7) is 2.04. The van der Waals surface area contributed by atoms with Gasteiger partial charge < -0.3 is 20.0 Å². The number of primary amides is 1. The van der Waals surface area contributed by atoms with Gasteiger partial charge in [0.1, 0.15) is 0 Å². The van der Waals surface area contributed by atoms with Crippen molar-refractivity contribution >= 4 is 5.91 Å². The fourth-order valence-corrected chi connectivity index (χ4v) is 0.602. The van der Waals surface area contributed by atoms with Crippen molar-refractivity contribution in [2.75, 3.05) is 33.0 Å². The Bertz CT molecular complexity index is 132. The lowest BCUT2D eigenvalue weighted by molar-refractivity contribution is -0.119. The molecule has 6 heteroatoms. The lowest BCUT2D eigenvalue weighted by Gasteiger charge is -2.03. The summed E-state index contributed by atoms with van der Waals surface area (Å²) in [7, 11) is 0. The van der Waals surface area contributed by atoms with E-state index >= 15 is 0 Å². The van der Waals surface area contributed by atoms with Gasteiger partial charge in [0.25, 0.3) is 0 Å². The highest BCUT2D eigenvalue weighted by atomic mass is 16.6. The standard InChI is InChI=1S/C7H16N2O4/c8-7(10)1-2-11-3-4-12-5-6-13-9/h1-6,9H2,(H2,8,10). The Hall–Kier alpha value is -0.690. The highest BCUT2D eigenvalue weighted by molar-refractivity contribution is 5.73. The van der Waals surface area contributed by atoms with Crippen molar-refractivity contribution in [2.24, 2.45) is 11.6 Å². The molecule has 0 saturated carbocycles. The highest BCUT2D eigenvalue weighted by Crippen LogP contribution is 1.82. The average Bonchev–Trinajstić information content (AvgIpc) is 2.09. The molecule has 13 heavy (non-hydrogen) atoms. The maximum atomic E-state index is 10.3. The van der Waals surface area contributed by atoms with Crippen LogP contribution >= 0.6 is 0 Å². The molecule has 0 rings (SSSR count). The lowest BCUT2D eigenvalue weighted by atomic mass is 10.4. The Morgan fingerprint density at radius 2 is 1.54 bits per heavy atom. The van der Waals surface area contributed by atoms with Crippen molar-refractivity contribution in [1.29, 1.82) is 0 Å². The van der Waals surface area contributed by atoms with Crippen LogP contribution in [0.3, 0.4) is 0 Å². The Labute approximate surface area is 77.1 Å². The number of hydrogen-bond donors (Lipinski definition) is 2. The van der Waals surface area contributed by atoms with E-state index in [1.807, 2.05) is 0 Å². The van der Waals surface area contributed by atoms with Crippen molar-refractivity contribution in [3.8, 4) is 0 Å². The Morgan fingerprint density at radius 3 is 2.08 bits per heavy atom. The van der Waals surface area contributed by atoms with Gasteiger partial charge in [-0.1, -0.05) is 0 Å². The maximum Gasteiger partial charge on any atom is 0.219 e. The molecule has 0 atom stereocenters. The summed E-state index contributed by atoms with van der Waals surface area (Å²) in [5.74, 6) is 4.40. The normalized spacial score (nSPS) is 10.2. The molecule has 78 valence electrons. The summed E-state index contributed by atoms with van der Waals surface area (Å²) in [5.41, 5.74) is 4.89. The maximum absolute atomic E-state index is 10.3. The van der Waals surface area contributed by atoms with Crippen LogP contribution in [0.1, 0.15) is 6.42 Å². The van der Waals surface area contributed by atoms with Crippen LogP contribution in [0.4, 0.5) is 0 Å². The molecule has 6 nitrogen and oxygen atoms in total. The predicted octanol–water partition coefficient (Wildman–Crippen LogP) is -1.21. The van der Waals surface area contributed by atoms with Crippen molar-refractivity contribution in [3.05, 3.63) is 0 Å². The zero-order valence-electron chi connectivity index (χ0n) is 7.53. The van der Waals surface area contributed by atoms with E-state index in [4.69, 9.17) is 21.1 Å². The number of rotatable bonds is 9. The molecule has 0 aliphatic rings. The number of amides is 1. The van der Waals surface area contributed by atoms with Gasteiger partial charge in [-0.15, -0.1) is 0 Å². The van der Waals surface area contributed by atoms with E-state index in [0.717, 1.165) is 0 Å². The van der Waals surface area contributed by atoms with Crippen molar-refractivity contribution < 1.29 is 19.1 Å². The third-order valence-electron chi connectivity index (χ3n) is 1.21. The molecule has 4 N–H and O–H groups in total. The SMILES string of the molecule is NOCCOCCOCCC(N)=O. The lowest BCUT2D eigenvalue weighted by Crippen LogP contribution is -2.15. The molecule has 0 spiro atoms. The number of hydrogen-bond acceptors (Lipinski definition) is 5. The van der Waals surface area contributed by atoms with Gasteiger partial charge >= 0.3 is 0 Å². The quantitative estimate of drug-likeness (QED) is 0.353. The first-order valence-electron chi connectivity index (χ1n) is 4.03. The molecule has 1 amide bonds. The summed E-state index contributed by atoms with van der Waals surface area (Å²) < 4.78 is 10.1. The first kappa shape index (κ1) is 12.3. The largest absolute Gasteiger partial charge is 0.379 e. The van der Waals surface area contributed by atoms with Crippen LogP contribution in [-0.2, 0) is 19.1 Å². The van der Waals surface area contributed by atoms with Gasteiger partial charge in [0.05, 0.1) is 33.0 Å². The van der Waals surface area contributed by atoms with E-state index in [1.165, 1.54) is 0 Å². The van der Waals surface area contributed by atoms with Crippen molar-refractivity contribution in [2.45, 2.75) is 6.42 Å². The van der Waals surface area contributed by atoms with Gasteiger partial charge in [-0.3, -0.25) is 4.79 Å². The van der Waals surface area contributed by atoms with E-state index < -0.39 is 0 Å². The topological polar surface area (TPSA) is 96.8 Å². The van der Waals surface area contributed by atoms with Crippen LogP contribution in [0.5, 0.6) is 0 Å². The third kappa shape index (κ3) is 11.3. The molecule has 0 saturated heterocycles. The van der Waals surface area contributed by atoms with Gasteiger partial charge in [-0.25, -0.2) is 5.90 Å². The van der Waals surface area contributed by atoms with Crippen LogP contribution in [0, 0.1) is 0 Å². The second-order valence-corrected chi connectivity index (χ2v) is 2.31. The first-order valence-corrected chi connectivity index (χ1v) is 4.03. The Morgan fingerprint density at radius 1 is 1.00 bits per heavy atom. The smallest absolute Gasteiger partial charge is 0.219 e. The van der Waals surface area contributed by atoms with Crippen molar-refractivity contribution in [1.82, 2.24) is 0 Å². The van der Waals surface area contributed by atoms with Gasteiger partial charge in [0, 0.05) is 6.42 Å². The second-order valence-electron chi connectivity index (χ2n) is 2.31. The number of carbonyl (C=O) groups excluding carboxylic acids is 1. The Balaban J connectivity index is 2.87. The molecular weight excluding hydrogens is 176 g/mol. The predicted molar refractivity (Wildman–Crippen MR) is 45.6 cm³/mol. The van der Waals surface area contributed by atoms with E-state index in [1.54, 1.807) is 0 Å². The van der Waals surface area contributed by atoms with Crippen LogP contribution in [0.2, 0.25) is 0 Å². The van der Waals surface area contributed by atoms with Gasteiger partial charge in [-0.2, -0.15) is 0 Å². The monoisotopic (exact) mass is 192 g/mol. The third-order valence-corrected chi connectivity index (χ3v) is 1.21. The average molecular weight is 192 g/mol. The summed E-state index contributed by atoms with van der Waals surface area (Å²) in [4.78, 5) is 14.5. The van der Waals surface area contributed by atoms with Crippen LogP contribution in [0.15, 0.2) is 0 Å². The van der Waals surface area contributed by atoms with Gasteiger partial charge in [0.2, 0.25) is 5.91 Å². The molecule has 0 fully saturated rings. The van der Waals surface area contributed by atoms with Crippen LogP contribution in [-0.4, -0.2) is 38.9 Å². The van der Waals surface area contributed by atoms with E-state index in [-0.39, 0.29) is 12.3 Å². The Kier molecular flexibility index (Phi) is 8.90. The minimum atomic E-state index is -0.363. The zero-order valence-corrected chi connectivity index (χ0v) is 7.53.